The molecule has 2 rings (SSSR count). The number of carbonyl (C=O) groups is 3. The van der Waals surface area contributed by atoms with Crippen molar-refractivity contribution in [1.29, 1.82) is 0 Å². The topological polar surface area (TPSA) is 87.3 Å². The second-order valence-corrected chi connectivity index (χ2v) is 6.67. The Morgan fingerprint density at radius 1 is 1.45 bits per heavy atom. The fourth-order valence-corrected chi connectivity index (χ4v) is 2.95. The number of thiophene rings is 1. The number of carbonyl (C=O) groups excluding carboxylic acids is 3. The zero-order valence-corrected chi connectivity index (χ0v) is 13.5. The lowest BCUT2D eigenvalue weighted by Crippen LogP contribution is -2.51. The minimum absolute atomic E-state index is 0.0164. The van der Waals surface area contributed by atoms with Gasteiger partial charge in [-0.15, -0.1) is 11.3 Å². The molecule has 6 nitrogen and oxygen atoms in total. The summed E-state index contributed by atoms with van der Waals surface area (Å²) in [7, 11) is 0. The van der Waals surface area contributed by atoms with Gasteiger partial charge < -0.3 is 16.0 Å². The van der Waals surface area contributed by atoms with Gasteiger partial charge in [0, 0.05) is 19.0 Å². The smallest absolute Gasteiger partial charge is 0.262 e. The largest absolute Gasteiger partial charge is 0.352 e. The maximum absolute atomic E-state index is 12.3. The van der Waals surface area contributed by atoms with Gasteiger partial charge in [0.25, 0.3) is 5.91 Å². The second-order valence-electron chi connectivity index (χ2n) is 5.72. The highest BCUT2D eigenvalue weighted by Gasteiger charge is 2.27. The fraction of sp³-hybridized carbons (Fsp3) is 0.533. The summed E-state index contributed by atoms with van der Waals surface area (Å²) in [5.41, 5.74) is 0. The van der Waals surface area contributed by atoms with Crippen LogP contribution in [0.3, 0.4) is 0 Å². The Hall–Kier alpha value is -1.89. The molecule has 0 unspecified atom stereocenters. The lowest BCUT2D eigenvalue weighted by Gasteiger charge is -2.22. The summed E-state index contributed by atoms with van der Waals surface area (Å²) in [6.45, 7) is 4.16. The molecule has 3 N–H and O–H groups in total. The van der Waals surface area contributed by atoms with Gasteiger partial charge in [0.2, 0.25) is 11.8 Å². The number of nitrogens with one attached hydrogen (secondary N) is 3. The number of rotatable bonds is 6. The van der Waals surface area contributed by atoms with E-state index in [0.29, 0.717) is 17.8 Å². The van der Waals surface area contributed by atoms with Gasteiger partial charge in [-0.3, -0.25) is 14.4 Å². The van der Waals surface area contributed by atoms with Crippen LogP contribution in [0.15, 0.2) is 17.5 Å². The highest BCUT2D eigenvalue weighted by Crippen LogP contribution is 2.11. The fourth-order valence-electron chi connectivity index (χ4n) is 2.32. The summed E-state index contributed by atoms with van der Waals surface area (Å²) >= 11 is 1.34. The van der Waals surface area contributed by atoms with Crippen molar-refractivity contribution in [1.82, 2.24) is 16.0 Å². The van der Waals surface area contributed by atoms with Gasteiger partial charge >= 0.3 is 0 Å². The summed E-state index contributed by atoms with van der Waals surface area (Å²) in [6, 6.07) is 2.92. The Morgan fingerprint density at radius 2 is 2.23 bits per heavy atom. The summed E-state index contributed by atoms with van der Waals surface area (Å²) < 4.78 is 0. The van der Waals surface area contributed by atoms with E-state index >= 15 is 0 Å². The molecule has 1 aromatic heterocycles. The highest BCUT2D eigenvalue weighted by molar-refractivity contribution is 7.12. The number of hydrogen-bond acceptors (Lipinski definition) is 4. The Kier molecular flexibility index (Phi) is 5.54. The van der Waals surface area contributed by atoms with Crippen molar-refractivity contribution in [3.05, 3.63) is 22.4 Å². The molecule has 120 valence electrons. The van der Waals surface area contributed by atoms with Crippen LogP contribution in [-0.2, 0) is 9.59 Å². The molecular formula is C15H21N3O3S. The first kappa shape index (κ1) is 16.5. The molecule has 22 heavy (non-hydrogen) atoms. The van der Waals surface area contributed by atoms with Crippen LogP contribution >= 0.6 is 11.3 Å². The third-order valence-electron chi connectivity index (χ3n) is 3.59. The van der Waals surface area contributed by atoms with Gasteiger partial charge in [0.1, 0.15) is 6.04 Å². The third kappa shape index (κ3) is 4.30. The molecule has 1 aliphatic heterocycles. The molecule has 1 aliphatic rings. The predicted octanol–water partition coefficient (Wildman–Crippen LogP) is 0.897. The second kappa shape index (κ2) is 7.40. The van der Waals surface area contributed by atoms with E-state index in [4.69, 9.17) is 0 Å². The van der Waals surface area contributed by atoms with Crippen molar-refractivity contribution < 1.29 is 14.4 Å². The molecule has 0 bridgehead atoms. The molecule has 2 heterocycles. The van der Waals surface area contributed by atoms with Crippen molar-refractivity contribution in [3.8, 4) is 0 Å². The van der Waals surface area contributed by atoms with Crippen LogP contribution in [0.4, 0.5) is 0 Å². The number of amides is 3. The van der Waals surface area contributed by atoms with E-state index in [2.05, 4.69) is 16.0 Å². The molecule has 1 aromatic rings. The van der Waals surface area contributed by atoms with Crippen molar-refractivity contribution >= 4 is 29.1 Å². The van der Waals surface area contributed by atoms with Crippen LogP contribution in [0.5, 0.6) is 0 Å². The molecule has 7 heteroatoms. The average Bonchev–Trinajstić information content (AvgIpc) is 3.13. The van der Waals surface area contributed by atoms with Gasteiger partial charge in [-0.05, 0) is 23.8 Å². The Morgan fingerprint density at radius 3 is 2.77 bits per heavy atom. The van der Waals surface area contributed by atoms with E-state index in [1.807, 2.05) is 19.2 Å². The van der Waals surface area contributed by atoms with Gasteiger partial charge in [0.05, 0.1) is 4.88 Å². The molecule has 0 aliphatic carbocycles. The molecule has 0 saturated carbocycles. The molecule has 2 atom stereocenters. The first-order valence-electron chi connectivity index (χ1n) is 7.39. The van der Waals surface area contributed by atoms with E-state index in [0.717, 1.165) is 6.42 Å². The Balaban J connectivity index is 1.88. The summed E-state index contributed by atoms with van der Waals surface area (Å²) in [5.74, 6) is -0.466. The van der Waals surface area contributed by atoms with Crippen LogP contribution < -0.4 is 16.0 Å². The molecule has 0 radical (unpaired) electrons. The molecule has 3 amide bonds. The van der Waals surface area contributed by atoms with Crippen molar-refractivity contribution in [3.63, 3.8) is 0 Å². The quantitative estimate of drug-likeness (QED) is 0.727. The normalized spacial score (nSPS) is 18.9. The van der Waals surface area contributed by atoms with Crippen LogP contribution in [0.2, 0.25) is 0 Å². The minimum atomic E-state index is -0.591. The zero-order valence-electron chi connectivity index (χ0n) is 12.7. The van der Waals surface area contributed by atoms with E-state index in [1.54, 1.807) is 12.1 Å². The van der Waals surface area contributed by atoms with Gasteiger partial charge in [-0.2, -0.15) is 0 Å². The number of hydrogen-bond donors (Lipinski definition) is 3. The zero-order chi connectivity index (χ0) is 16.1. The van der Waals surface area contributed by atoms with E-state index in [9.17, 15) is 14.4 Å². The summed E-state index contributed by atoms with van der Waals surface area (Å²) in [6.07, 6.45) is 1.23. The predicted molar refractivity (Wildman–Crippen MR) is 84.6 cm³/mol. The van der Waals surface area contributed by atoms with Gasteiger partial charge in [0.15, 0.2) is 0 Å². The highest BCUT2D eigenvalue weighted by atomic mass is 32.1. The summed E-state index contributed by atoms with van der Waals surface area (Å²) in [5, 5.41) is 10.2. The van der Waals surface area contributed by atoms with E-state index in [-0.39, 0.29) is 29.7 Å². The Labute approximate surface area is 133 Å². The minimum Gasteiger partial charge on any atom is -0.352 e. The first-order chi connectivity index (χ1) is 10.5. The van der Waals surface area contributed by atoms with Crippen molar-refractivity contribution in [2.45, 2.75) is 38.8 Å². The van der Waals surface area contributed by atoms with Gasteiger partial charge in [-0.25, -0.2) is 0 Å². The van der Waals surface area contributed by atoms with Crippen LogP contribution in [0.1, 0.15) is 36.4 Å². The Bertz CT molecular complexity index is 542. The average molecular weight is 323 g/mol. The molecule has 0 spiro atoms. The molecular weight excluding hydrogens is 302 g/mol. The molecule has 1 saturated heterocycles. The SMILES string of the molecule is CC(C)[C@@H](NC(=O)c1cccs1)C(=O)NC[C@@H]1CCC(=O)N1. The van der Waals surface area contributed by atoms with Crippen LogP contribution in [-0.4, -0.2) is 36.3 Å². The maximum Gasteiger partial charge on any atom is 0.262 e. The maximum atomic E-state index is 12.3. The van der Waals surface area contributed by atoms with Crippen molar-refractivity contribution in [2.75, 3.05) is 6.54 Å². The van der Waals surface area contributed by atoms with Crippen LogP contribution in [0.25, 0.3) is 0 Å². The molecule has 0 aromatic carbocycles. The molecule has 1 fully saturated rings. The van der Waals surface area contributed by atoms with Crippen LogP contribution in [0, 0.1) is 5.92 Å². The van der Waals surface area contributed by atoms with E-state index in [1.165, 1.54) is 11.3 Å². The monoisotopic (exact) mass is 323 g/mol. The first-order valence-corrected chi connectivity index (χ1v) is 8.26. The summed E-state index contributed by atoms with van der Waals surface area (Å²) in [4.78, 5) is 36.1. The lowest BCUT2D eigenvalue weighted by atomic mass is 10.0. The third-order valence-corrected chi connectivity index (χ3v) is 4.46. The lowest BCUT2D eigenvalue weighted by molar-refractivity contribution is -0.124. The standard InChI is InChI=1S/C15H21N3O3S/c1-9(2)13(18-14(20)11-4-3-7-22-11)15(21)16-8-10-5-6-12(19)17-10/h3-4,7,9-10,13H,5-6,8H2,1-2H3,(H,16,21)(H,17,19)(H,18,20)/t10-,13+/m0/s1. The van der Waals surface area contributed by atoms with E-state index < -0.39 is 6.04 Å². The van der Waals surface area contributed by atoms with Crippen molar-refractivity contribution in [2.24, 2.45) is 5.92 Å². The van der Waals surface area contributed by atoms with Gasteiger partial charge in [-0.1, -0.05) is 19.9 Å².